The van der Waals surface area contributed by atoms with E-state index in [0.29, 0.717) is 23.0 Å². The molecule has 4 fully saturated rings. The van der Waals surface area contributed by atoms with Gasteiger partial charge >= 0.3 is 0 Å². The van der Waals surface area contributed by atoms with Crippen molar-refractivity contribution in [2.75, 3.05) is 0 Å². The maximum atomic E-state index is 9.54. The second-order valence-corrected chi connectivity index (χ2v) is 20.5. The van der Waals surface area contributed by atoms with E-state index in [1.54, 1.807) is 0 Å². The van der Waals surface area contributed by atoms with Gasteiger partial charge < -0.3 is 4.42 Å². The molecule has 0 radical (unpaired) electrons. The van der Waals surface area contributed by atoms with E-state index in [0.717, 1.165) is 85.3 Å². The maximum absolute atomic E-state index is 9.54. The van der Waals surface area contributed by atoms with Crippen molar-refractivity contribution in [2.24, 2.45) is 35.5 Å². The summed E-state index contributed by atoms with van der Waals surface area (Å²) >= 11 is 0. The number of nitrogens with zero attached hydrogens (tertiary/aromatic N) is 4. The Hall–Kier alpha value is -5.60. The first-order chi connectivity index (χ1) is 29.6. The molecule has 5 heteroatoms. The molecule has 61 heavy (non-hydrogen) atoms. The Labute approximate surface area is 360 Å². The SMILES string of the molecule is C[C@@H]1CC2C[C@H](C)CC(c3ccc(-c4nc(-c5ccc(-c6cccc7c6oc6ccc(C#N)cc67)cc5)nc(-c5ccc(C67CC(C[C@@H](C)C6)C[C@H](C)C7)cc5)n4)cc3)(C2)C1. The van der Waals surface area contributed by atoms with Crippen LogP contribution in [0.15, 0.2) is 114 Å². The zero-order valence-corrected chi connectivity index (χ0v) is 36.1. The number of para-hydroxylation sites is 1. The lowest BCUT2D eigenvalue weighted by atomic mass is 9.54. The van der Waals surface area contributed by atoms with Crippen LogP contribution in [0.1, 0.15) is 109 Å². The van der Waals surface area contributed by atoms with Crippen LogP contribution in [-0.4, -0.2) is 15.0 Å². The van der Waals surface area contributed by atoms with E-state index in [9.17, 15) is 5.26 Å². The molecule has 2 heterocycles. The first-order valence-corrected chi connectivity index (χ1v) is 23.1. The van der Waals surface area contributed by atoms with Gasteiger partial charge in [-0.1, -0.05) is 119 Å². The largest absolute Gasteiger partial charge is 0.455 e. The summed E-state index contributed by atoms with van der Waals surface area (Å²) in [6, 6.07) is 41.2. The first kappa shape index (κ1) is 38.3. The number of aromatic nitrogens is 3. The van der Waals surface area contributed by atoms with Crippen molar-refractivity contribution in [1.82, 2.24) is 15.0 Å². The maximum Gasteiger partial charge on any atom is 0.164 e. The van der Waals surface area contributed by atoms with E-state index in [1.165, 1.54) is 75.3 Å². The number of nitriles is 1. The van der Waals surface area contributed by atoms with Crippen molar-refractivity contribution in [3.63, 3.8) is 0 Å². The van der Waals surface area contributed by atoms with Crippen molar-refractivity contribution < 1.29 is 4.42 Å². The number of benzene rings is 5. The van der Waals surface area contributed by atoms with Crippen molar-refractivity contribution in [3.8, 4) is 51.4 Å². The molecule has 5 aromatic carbocycles. The number of hydrogen-bond acceptors (Lipinski definition) is 5. The molecule has 0 spiro atoms. The van der Waals surface area contributed by atoms with E-state index < -0.39 is 0 Å². The second-order valence-electron chi connectivity index (χ2n) is 20.5. The van der Waals surface area contributed by atoms with Gasteiger partial charge in [-0.25, -0.2) is 15.0 Å². The molecule has 7 aromatic rings. The summed E-state index contributed by atoms with van der Waals surface area (Å²) in [6.45, 7) is 9.85. The molecule has 4 aliphatic rings. The zero-order valence-electron chi connectivity index (χ0n) is 36.1. The lowest BCUT2D eigenvalue weighted by Crippen LogP contribution is -2.42. The highest BCUT2D eigenvalue weighted by atomic mass is 16.3. The summed E-state index contributed by atoms with van der Waals surface area (Å²) in [6.07, 6.45) is 13.3. The zero-order chi connectivity index (χ0) is 41.5. The van der Waals surface area contributed by atoms with E-state index in [1.807, 2.05) is 18.2 Å². The van der Waals surface area contributed by atoms with Gasteiger partial charge in [-0.05, 0) is 145 Å². The van der Waals surface area contributed by atoms with Crippen LogP contribution >= 0.6 is 0 Å². The molecule has 0 N–H and O–H groups in total. The molecule has 0 saturated heterocycles. The van der Waals surface area contributed by atoms with Gasteiger partial charge in [-0.15, -0.1) is 0 Å². The molecule has 5 nitrogen and oxygen atoms in total. The van der Waals surface area contributed by atoms with Crippen LogP contribution in [0, 0.1) is 46.8 Å². The predicted octanol–water partition coefficient (Wildman–Crippen LogP) is 14.5. The monoisotopic (exact) mass is 800 g/mol. The third kappa shape index (κ3) is 6.87. The van der Waals surface area contributed by atoms with Gasteiger partial charge in [0.05, 0.1) is 11.6 Å². The standard InChI is InChI=1S/C56H56N4O/c1-34-22-39-23-35(2)28-55(27-34,31-39)45-17-13-43(14-18-45)53-58-52(59-54(60-53)44-15-19-46(20-16-44)56-29-36(3)24-40(32-56)25-37(4)30-56)42-11-9-41(10-12-42)47-6-5-7-48-49-26-38(33-57)8-21-50(49)61-51(47)48/h5-21,26,34-37,39-40H,22-25,27-32H2,1-4H3/t34-,35+,36-,37+,39?,40?,55?,56?. The summed E-state index contributed by atoms with van der Waals surface area (Å²) < 4.78 is 6.40. The number of fused-ring (bicyclic) bond motifs is 7. The molecule has 11 rings (SSSR count). The van der Waals surface area contributed by atoms with Gasteiger partial charge in [-0.2, -0.15) is 5.26 Å². The van der Waals surface area contributed by atoms with Crippen LogP contribution in [0.2, 0.25) is 0 Å². The van der Waals surface area contributed by atoms with Crippen molar-refractivity contribution in [2.45, 2.75) is 103 Å². The minimum absolute atomic E-state index is 0.273. The van der Waals surface area contributed by atoms with E-state index >= 15 is 0 Å². The number of rotatable bonds is 6. The van der Waals surface area contributed by atoms with E-state index in [2.05, 4.69) is 125 Å². The van der Waals surface area contributed by atoms with Gasteiger partial charge in [0, 0.05) is 33.0 Å². The molecule has 306 valence electrons. The summed E-state index contributed by atoms with van der Waals surface area (Å²) in [5, 5.41) is 11.5. The van der Waals surface area contributed by atoms with Crippen LogP contribution in [0.3, 0.4) is 0 Å². The fraction of sp³-hybridized carbons (Fsp3) is 0.393. The third-order valence-electron chi connectivity index (χ3n) is 15.5. The highest BCUT2D eigenvalue weighted by molar-refractivity contribution is 6.09. The molecule has 0 aliphatic heterocycles. The van der Waals surface area contributed by atoms with E-state index in [4.69, 9.17) is 19.4 Å². The summed E-state index contributed by atoms with van der Waals surface area (Å²) in [5.74, 6) is 6.83. The van der Waals surface area contributed by atoms with E-state index in [-0.39, 0.29) is 10.8 Å². The van der Waals surface area contributed by atoms with Crippen LogP contribution in [0.5, 0.6) is 0 Å². The Morgan fingerprint density at radius 2 is 0.951 bits per heavy atom. The molecule has 4 unspecified atom stereocenters. The minimum Gasteiger partial charge on any atom is -0.455 e. The van der Waals surface area contributed by atoms with Gasteiger partial charge in [0.15, 0.2) is 17.5 Å². The molecule has 8 atom stereocenters. The summed E-state index contributed by atoms with van der Waals surface area (Å²) in [4.78, 5) is 15.6. The lowest BCUT2D eigenvalue weighted by molar-refractivity contribution is 0.0779. The van der Waals surface area contributed by atoms with Gasteiger partial charge in [0.25, 0.3) is 0 Å². The van der Waals surface area contributed by atoms with Gasteiger partial charge in [0.1, 0.15) is 11.2 Å². The molecular weight excluding hydrogens is 745 g/mol. The molecule has 4 bridgehead atoms. The Kier molecular flexibility index (Phi) is 9.30. The van der Waals surface area contributed by atoms with Crippen molar-refractivity contribution in [1.29, 1.82) is 5.26 Å². The van der Waals surface area contributed by atoms with Crippen LogP contribution in [0.25, 0.3) is 67.2 Å². The second kappa shape index (κ2) is 14.8. The van der Waals surface area contributed by atoms with Crippen LogP contribution in [0.4, 0.5) is 0 Å². The van der Waals surface area contributed by atoms with Gasteiger partial charge in [0.2, 0.25) is 0 Å². The smallest absolute Gasteiger partial charge is 0.164 e. The Bertz CT molecular complexity index is 2670. The topological polar surface area (TPSA) is 75.6 Å². The molecule has 2 aromatic heterocycles. The fourth-order valence-electron chi connectivity index (χ4n) is 13.7. The minimum atomic E-state index is 0.273. The third-order valence-corrected chi connectivity index (χ3v) is 15.5. The van der Waals surface area contributed by atoms with Crippen molar-refractivity contribution in [3.05, 3.63) is 126 Å². The Morgan fingerprint density at radius 1 is 0.508 bits per heavy atom. The average molecular weight is 801 g/mol. The number of hydrogen-bond donors (Lipinski definition) is 0. The van der Waals surface area contributed by atoms with Gasteiger partial charge in [-0.3, -0.25) is 0 Å². The average Bonchev–Trinajstić information content (AvgIpc) is 3.63. The molecular formula is C56H56N4O. The Balaban J connectivity index is 0.968. The van der Waals surface area contributed by atoms with Crippen LogP contribution in [-0.2, 0) is 10.8 Å². The quantitative estimate of drug-likeness (QED) is 0.167. The predicted molar refractivity (Wildman–Crippen MR) is 247 cm³/mol. The Morgan fingerprint density at radius 3 is 1.41 bits per heavy atom. The normalized spacial score (nSPS) is 28.4. The highest BCUT2D eigenvalue weighted by Crippen LogP contribution is 2.55. The van der Waals surface area contributed by atoms with Crippen molar-refractivity contribution >= 4 is 21.9 Å². The highest BCUT2D eigenvalue weighted by Gasteiger charge is 2.46. The lowest BCUT2D eigenvalue weighted by Gasteiger charge is -2.50. The summed E-state index contributed by atoms with van der Waals surface area (Å²) in [5.41, 5.74) is 10.8. The molecule has 4 saturated carbocycles. The molecule has 0 amide bonds. The first-order valence-electron chi connectivity index (χ1n) is 23.1. The fourth-order valence-corrected chi connectivity index (χ4v) is 13.7. The van der Waals surface area contributed by atoms with Crippen LogP contribution < -0.4 is 0 Å². The summed E-state index contributed by atoms with van der Waals surface area (Å²) in [7, 11) is 0. The molecule has 4 aliphatic carbocycles. The number of furan rings is 1.